The van der Waals surface area contributed by atoms with E-state index in [4.69, 9.17) is 5.11 Å². The maximum Gasteiger partial charge on any atom is 0.335 e. The van der Waals surface area contributed by atoms with Crippen molar-refractivity contribution in [3.8, 4) is 0 Å². The highest BCUT2D eigenvalue weighted by atomic mass is 16.4. The number of nitrogens with one attached hydrogen (secondary N) is 1. The number of aliphatic hydroxyl groups is 1. The molecule has 5 nitrogen and oxygen atoms in total. The third-order valence-corrected chi connectivity index (χ3v) is 2.42. The minimum Gasteiger partial charge on any atom is -0.478 e. The number of hydrogen-bond donors (Lipinski definition) is 3. The van der Waals surface area contributed by atoms with E-state index in [2.05, 4.69) is 10.3 Å². The lowest BCUT2D eigenvalue weighted by molar-refractivity contribution is 0.0693. The molecule has 0 fully saturated rings. The quantitative estimate of drug-likeness (QED) is 0.703. The molecule has 0 bridgehead atoms. The molecule has 0 aliphatic carbocycles. The Labute approximate surface area is 94.1 Å². The zero-order valence-electron chi connectivity index (χ0n) is 9.40. The van der Waals surface area contributed by atoms with Gasteiger partial charge in [-0.1, -0.05) is 6.92 Å². The maximum atomic E-state index is 10.7. The second kappa shape index (κ2) is 4.94. The van der Waals surface area contributed by atoms with Crippen LogP contribution in [-0.2, 0) is 0 Å². The van der Waals surface area contributed by atoms with Gasteiger partial charge in [-0.25, -0.2) is 9.78 Å². The second-order valence-electron chi connectivity index (χ2n) is 3.94. The molecular formula is C11H16N2O3. The first-order valence-corrected chi connectivity index (χ1v) is 5.10. The Kier molecular flexibility index (Phi) is 3.84. The van der Waals surface area contributed by atoms with Gasteiger partial charge >= 0.3 is 5.97 Å². The summed E-state index contributed by atoms with van der Waals surface area (Å²) in [6.07, 6.45) is 2.03. The Morgan fingerprint density at radius 2 is 2.31 bits per heavy atom. The van der Waals surface area contributed by atoms with Crippen molar-refractivity contribution in [2.75, 3.05) is 11.9 Å². The summed E-state index contributed by atoms with van der Waals surface area (Å²) in [6.45, 7) is 3.92. The predicted octanol–water partition coefficient (Wildman–Crippen LogP) is 1.35. The second-order valence-corrected chi connectivity index (χ2v) is 3.94. The van der Waals surface area contributed by atoms with Crippen molar-refractivity contribution in [1.82, 2.24) is 4.98 Å². The molecule has 0 radical (unpaired) electrons. The van der Waals surface area contributed by atoms with Crippen molar-refractivity contribution in [2.45, 2.75) is 25.9 Å². The van der Waals surface area contributed by atoms with Crippen molar-refractivity contribution in [3.63, 3.8) is 0 Å². The lowest BCUT2D eigenvalue weighted by Crippen LogP contribution is -2.32. The minimum absolute atomic E-state index is 0.175. The number of anilines is 1. The number of rotatable bonds is 5. The lowest BCUT2D eigenvalue weighted by atomic mass is 10.0. The summed E-state index contributed by atoms with van der Waals surface area (Å²) in [6, 6.07) is 2.86. The monoisotopic (exact) mass is 224 g/mol. The van der Waals surface area contributed by atoms with Gasteiger partial charge in [-0.3, -0.25) is 0 Å². The highest BCUT2D eigenvalue weighted by Gasteiger charge is 2.17. The number of carboxylic acids is 1. The number of hydrogen-bond acceptors (Lipinski definition) is 4. The van der Waals surface area contributed by atoms with E-state index in [-0.39, 0.29) is 5.56 Å². The van der Waals surface area contributed by atoms with Crippen LogP contribution in [0.25, 0.3) is 0 Å². The van der Waals surface area contributed by atoms with Crippen LogP contribution in [0.4, 0.5) is 5.82 Å². The number of pyridine rings is 1. The molecule has 0 aliphatic rings. The molecule has 0 aliphatic heterocycles. The molecule has 0 saturated carbocycles. The van der Waals surface area contributed by atoms with Gasteiger partial charge in [0.05, 0.1) is 11.2 Å². The molecule has 88 valence electrons. The average Bonchev–Trinajstić information content (AvgIpc) is 2.27. The van der Waals surface area contributed by atoms with Gasteiger partial charge in [-0.2, -0.15) is 0 Å². The summed E-state index contributed by atoms with van der Waals surface area (Å²) < 4.78 is 0. The van der Waals surface area contributed by atoms with Gasteiger partial charge in [-0.15, -0.1) is 0 Å². The first-order valence-electron chi connectivity index (χ1n) is 5.10. The van der Waals surface area contributed by atoms with Crippen LogP contribution in [0.3, 0.4) is 0 Å². The highest BCUT2D eigenvalue weighted by molar-refractivity contribution is 5.88. The minimum atomic E-state index is -0.993. The van der Waals surface area contributed by atoms with E-state index in [0.29, 0.717) is 18.8 Å². The van der Waals surface area contributed by atoms with Crippen LogP contribution in [0.1, 0.15) is 30.6 Å². The average molecular weight is 224 g/mol. The van der Waals surface area contributed by atoms with E-state index in [1.165, 1.54) is 18.3 Å². The van der Waals surface area contributed by atoms with Crippen molar-refractivity contribution < 1.29 is 15.0 Å². The van der Waals surface area contributed by atoms with Crippen LogP contribution in [-0.4, -0.2) is 33.3 Å². The molecule has 3 N–H and O–H groups in total. The molecule has 0 amide bonds. The number of carbonyl (C=O) groups is 1. The normalized spacial score (nSPS) is 14.2. The molecule has 16 heavy (non-hydrogen) atoms. The van der Waals surface area contributed by atoms with Gasteiger partial charge in [-0.05, 0) is 25.5 Å². The SMILES string of the molecule is CCC(C)(O)CNc1cc(C(=O)O)ccn1. The van der Waals surface area contributed by atoms with Gasteiger partial charge in [0, 0.05) is 12.7 Å². The zero-order chi connectivity index (χ0) is 12.2. The zero-order valence-corrected chi connectivity index (χ0v) is 9.40. The number of aromatic carboxylic acids is 1. The molecule has 0 spiro atoms. The predicted molar refractivity (Wildman–Crippen MR) is 60.6 cm³/mol. The first-order chi connectivity index (χ1) is 7.44. The molecule has 5 heteroatoms. The summed E-state index contributed by atoms with van der Waals surface area (Å²) in [4.78, 5) is 14.7. The molecule has 1 atom stereocenters. The summed E-state index contributed by atoms with van der Waals surface area (Å²) in [5, 5.41) is 21.4. The lowest BCUT2D eigenvalue weighted by Gasteiger charge is -2.21. The van der Waals surface area contributed by atoms with Gasteiger partial charge in [0.1, 0.15) is 5.82 Å². The van der Waals surface area contributed by atoms with Crippen LogP contribution >= 0.6 is 0 Å². The van der Waals surface area contributed by atoms with Gasteiger partial charge in [0.25, 0.3) is 0 Å². The number of carboxylic acid groups (broad SMARTS) is 1. The topological polar surface area (TPSA) is 82.5 Å². The van der Waals surface area contributed by atoms with Gasteiger partial charge in [0.15, 0.2) is 0 Å². The van der Waals surface area contributed by atoms with Crippen molar-refractivity contribution in [1.29, 1.82) is 0 Å². The van der Waals surface area contributed by atoms with Crippen molar-refractivity contribution in [2.24, 2.45) is 0 Å². The molecular weight excluding hydrogens is 208 g/mol. The molecule has 1 rings (SSSR count). The Morgan fingerprint density at radius 3 is 2.88 bits per heavy atom. The Balaban J connectivity index is 2.68. The number of nitrogens with zero attached hydrogens (tertiary/aromatic N) is 1. The third-order valence-electron chi connectivity index (χ3n) is 2.42. The Morgan fingerprint density at radius 1 is 1.62 bits per heavy atom. The van der Waals surface area contributed by atoms with E-state index >= 15 is 0 Å². The fraction of sp³-hybridized carbons (Fsp3) is 0.455. The van der Waals surface area contributed by atoms with Crippen LogP contribution in [0.2, 0.25) is 0 Å². The molecule has 0 aromatic carbocycles. The first kappa shape index (κ1) is 12.4. The van der Waals surface area contributed by atoms with Crippen molar-refractivity contribution in [3.05, 3.63) is 23.9 Å². The summed E-state index contributed by atoms with van der Waals surface area (Å²) in [5.74, 6) is -0.540. The standard InChI is InChI=1S/C11H16N2O3/c1-3-11(2,16)7-13-9-6-8(10(14)15)4-5-12-9/h4-6,16H,3,7H2,1-2H3,(H,12,13)(H,14,15). The Hall–Kier alpha value is -1.62. The summed E-state index contributed by atoms with van der Waals surface area (Å²) in [7, 11) is 0. The van der Waals surface area contributed by atoms with Crippen LogP contribution in [0.5, 0.6) is 0 Å². The van der Waals surface area contributed by atoms with E-state index in [9.17, 15) is 9.90 Å². The van der Waals surface area contributed by atoms with Crippen LogP contribution in [0, 0.1) is 0 Å². The van der Waals surface area contributed by atoms with E-state index in [1.807, 2.05) is 6.92 Å². The largest absolute Gasteiger partial charge is 0.478 e. The van der Waals surface area contributed by atoms with Crippen molar-refractivity contribution >= 4 is 11.8 Å². The molecule has 1 aromatic rings. The Bertz CT molecular complexity index is 377. The fourth-order valence-corrected chi connectivity index (χ4v) is 1.07. The van der Waals surface area contributed by atoms with E-state index in [0.717, 1.165) is 0 Å². The number of aromatic nitrogens is 1. The van der Waals surface area contributed by atoms with Crippen LogP contribution in [0.15, 0.2) is 18.3 Å². The maximum absolute atomic E-state index is 10.7. The van der Waals surface area contributed by atoms with Crippen LogP contribution < -0.4 is 5.32 Å². The third kappa shape index (κ3) is 3.51. The fourth-order valence-electron chi connectivity index (χ4n) is 1.07. The summed E-state index contributed by atoms with van der Waals surface area (Å²) in [5.41, 5.74) is -0.644. The van der Waals surface area contributed by atoms with E-state index in [1.54, 1.807) is 6.92 Å². The van der Waals surface area contributed by atoms with Gasteiger partial charge in [0.2, 0.25) is 0 Å². The van der Waals surface area contributed by atoms with Gasteiger partial charge < -0.3 is 15.5 Å². The highest BCUT2D eigenvalue weighted by Crippen LogP contribution is 2.11. The molecule has 1 heterocycles. The smallest absolute Gasteiger partial charge is 0.335 e. The summed E-state index contributed by atoms with van der Waals surface area (Å²) >= 11 is 0. The molecule has 1 aromatic heterocycles. The molecule has 1 unspecified atom stereocenters. The van der Waals surface area contributed by atoms with E-state index < -0.39 is 11.6 Å². The molecule has 0 saturated heterocycles.